The van der Waals surface area contributed by atoms with E-state index >= 15 is 0 Å². The maximum absolute atomic E-state index is 7.40. The van der Waals surface area contributed by atoms with Gasteiger partial charge in [0, 0.05) is 4.47 Å². The topological polar surface area (TPSA) is 0 Å². The molecule has 1 aromatic carbocycles. The Morgan fingerprint density at radius 2 is 1.88 bits per heavy atom. The molecule has 0 heterocycles. The van der Waals surface area contributed by atoms with Crippen molar-refractivity contribution in [3.05, 3.63) is 34.2 Å². The molecule has 0 saturated carbocycles. The zero-order valence-corrected chi connectivity index (χ0v) is 5.96. The van der Waals surface area contributed by atoms with Crippen molar-refractivity contribution < 1.29 is 5.48 Å². The molecule has 0 aliphatic rings. The minimum absolute atomic E-state index is 0.0166. The van der Waals surface area contributed by atoms with Gasteiger partial charge in [0.1, 0.15) is 0 Å². The van der Waals surface area contributed by atoms with Crippen molar-refractivity contribution in [2.45, 2.75) is 6.92 Å². The van der Waals surface area contributed by atoms with Crippen molar-refractivity contribution in [1.82, 2.24) is 0 Å². The van der Waals surface area contributed by atoms with E-state index in [-0.39, 0.29) is 28.6 Å². The van der Waals surface area contributed by atoms with Gasteiger partial charge in [-0.25, -0.2) is 0 Å². The van der Waals surface area contributed by atoms with Crippen LogP contribution in [-0.2, 0) is 0 Å². The zero-order chi connectivity index (χ0) is 9.46. The summed E-state index contributed by atoms with van der Waals surface area (Å²) < 4.78 is 29.8. The first-order chi connectivity index (χ1) is 5.46. The molecule has 0 aliphatic carbocycles. The molecule has 0 fully saturated rings. The summed E-state index contributed by atoms with van der Waals surface area (Å²) in [6, 6.07) is -0.00671. The van der Waals surface area contributed by atoms with Crippen LogP contribution >= 0.6 is 15.9 Å². The predicted octanol–water partition coefficient (Wildman–Crippen LogP) is 2.76. The first-order valence-electron chi connectivity index (χ1n) is 4.19. The van der Waals surface area contributed by atoms with Crippen LogP contribution in [0.1, 0.15) is 11.0 Å². The fraction of sp³-hybridized carbons (Fsp3) is 0.143. The standard InChI is InChI=1S/C7H7Br/c1-6-2-4-7(8)5-3-6/h2-5H,1H3/i2D,3D,4D,5D. The van der Waals surface area contributed by atoms with Crippen LogP contribution in [0.5, 0.6) is 0 Å². The van der Waals surface area contributed by atoms with E-state index in [0.29, 0.717) is 5.56 Å². The average Bonchev–Trinajstić information content (AvgIpc) is 2.08. The van der Waals surface area contributed by atoms with Crippen LogP contribution in [0.3, 0.4) is 0 Å². The van der Waals surface area contributed by atoms with Gasteiger partial charge in [0.25, 0.3) is 0 Å². The van der Waals surface area contributed by atoms with Gasteiger partial charge in [-0.2, -0.15) is 0 Å². The Hall–Kier alpha value is -0.300. The third kappa shape index (κ3) is 1.34. The summed E-state index contributed by atoms with van der Waals surface area (Å²) in [7, 11) is 0. The molecule has 0 aliphatic heterocycles. The minimum atomic E-state index is -0.0199. The van der Waals surface area contributed by atoms with E-state index in [0.717, 1.165) is 0 Å². The van der Waals surface area contributed by atoms with Gasteiger partial charge in [0.05, 0.1) is 5.48 Å². The summed E-state index contributed by atoms with van der Waals surface area (Å²) in [6.45, 7) is 1.58. The molecule has 0 saturated heterocycles. The van der Waals surface area contributed by atoms with Gasteiger partial charge in [0.2, 0.25) is 0 Å². The summed E-state index contributed by atoms with van der Waals surface area (Å²) in [5, 5.41) is 0. The van der Waals surface area contributed by atoms with E-state index in [2.05, 4.69) is 15.9 Å². The molecular weight excluding hydrogens is 164 g/mol. The Balaban J connectivity index is 3.60. The molecule has 0 unspecified atom stereocenters. The molecular formula is C7H7Br. The molecule has 8 heavy (non-hydrogen) atoms. The highest BCUT2D eigenvalue weighted by Crippen LogP contribution is 2.08. The quantitative estimate of drug-likeness (QED) is 0.568. The van der Waals surface area contributed by atoms with Crippen LogP contribution in [0, 0.1) is 6.92 Å². The lowest BCUT2D eigenvalue weighted by molar-refractivity contribution is 1.46. The molecule has 0 amide bonds. The number of hydrogen-bond donors (Lipinski definition) is 0. The smallest absolute Gasteiger partial charge is 0.0582 e. The van der Waals surface area contributed by atoms with Crippen LogP contribution in [0.4, 0.5) is 0 Å². The van der Waals surface area contributed by atoms with Gasteiger partial charge < -0.3 is 0 Å². The van der Waals surface area contributed by atoms with Crippen molar-refractivity contribution in [1.29, 1.82) is 0 Å². The predicted molar refractivity (Wildman–Crippen MR) is 38.9 cm³/mol. The lowest BCUT2D eigenvalue weighted by Gasteiger charge is -1.88. The lowest BCUT2D eigenvalue weighted by atomic mass is 10.2. The van der Waals surface area contributed by atoms with Gasteiger partial charge >= 0.3 is 0 Å². The number of halogens is 1. The normalized spacial score (nSPS) is 16.2. The minimum Gasteiger partial charge on any atom is -0.0582 e. The fourth-order valence-corrected chi connectivity index (χ4v) is 0.558. The Labute approximate surface area is 63.3 Å². The maximum atomic E-state index is 7.40. The second kappa shape index (κ2) is 2.31. The average molecular weight is 175 g/mol. The third-order valence-electron chi connectivity index (χ3n) is 0.719. The summed E-state index contributed by atoms with van der Waals surface area (Å²) in [5.74, 6) is 0. The van der Waals surface area contributed by atoms with Gasteiger partial charge in [0.15, 0.2) is 0 Å². The molecule has 0 spiro atoms. The number of rotatable bonds is 0. The fourth-order valence-electron chi connectivity index (χ4n) is 0.360. The molecule has 42 valence electrons. The van der Waals surface area contributed by atoms with Crippen LogP contribution in [0.15, 0.2) is 28.6 Å². The Morgan fingerprint density at radius 1 is 1.38 bits per heavy atom. The molecule has 0 atom stereocenters. The van der Waals surface area contributed by atoms with Crippen molar-refractivity contribution in [3.8, 4) is 0 Å². The highest BCUT2D eigenvalue weighted by atomic mass is 79.9. The highest BCUT2D eigenvalue weighted by Gasteiger charge is 1.81. The molecule has 0 aromatic heterocycles. The second-order valence-electron chi connectivity index (χ2n) is 1.44. The van der Waals surface area contributed by atoms with Crippen molar-refractivity contribution in [3.63, 3.8) is 0 Å². The first-order valence-corrected chi connectivity index (χ1v) is 2.98. The molecule has 0 nitrogen and oxygen atoms in total. The van der Waals surface area contributed by atoms with Gasteiger partial charge in [-0.15, -0.1) is 0 Å². The summed E-state index contributed by atoms with van der Waals surface area (Å²) in [5.41, 5.74) is 0.383. The van der Waals surface area contributed by atoms with E-state index in [1.807, 2.05) is 0 Å². The molecule has 1 rings (SSSR count). The lowest BCUT2D eigenvalue weighted by Crippen LogP contribution is -1.66. The van der Waals surface area contributed by atoms with Gasteiger partial charge in [-0.05, 0) is 19.0 Å². The zero-order valence-electron chi connectivity index (χ0n) is 8.38. The Bertz CT molecular complexity index is 230. The number of benzene rings is 1. The highest BCUT2D eigenvalue weighted by molar-refractivity contribution is 9.10. The second-order valence-corrected chi connectivity index (χ2v) is 2.23. The van der Waals surface area contributed by atoms with Crippen LogP contribution < -0.4 is 0 Å². The Morgan fingerprint density at radius 3 is 2.38 bits per heavy atom. The monoisotopic (exact) mass is 174 g/mol. The first kappa shape index (κ1) is 2.53. The van der Waals surface area contributed by atoms with Crippen molar-refractivity contribution >= 4 is 15.9 Å². The van der Waals surface area contributed by atoms with E-state index < -0.39 is 0 Å². The number of hydrogen-bond acceptors (Lipinski definition) is 0. The molecule has 0 N–H and O–H groups in total. The van der Waals surface area contributed by atoms with Crippen LogP contribution in [0.25, 0.3) is 0 Å². The largest absolute Gasteiger partial charge is 0.0635 e. The van der Waals surface area contributed by atoms with Crippen LogP contribution in [0.2, 0.25) is 0 Å². The Kier molecular flexibility index (Phi) is 0.730. The summed E-state index contributed by atoms with van der Waals surface area (Å²) in [6.07, 6.45) is 0. The molecule has 0 bridgehead atoms. The van der Waals surface area contributed by atoms with E-state index in [9.17, 15) is 0 Å². The van der Waals surface area contributed by atoms with Gasteiger partial charge in [-0.3, -0.25) is 0 Å². The SMILES string of the molecule is [2H]c1c([2H])c(Br)c([2H])c([2H])c1C. The third-order valence-corrected chi connectivity index (χ3v) is 1.12. The van der Waals surface area contributed by atoms with Gasteiger partial charge in [-0.1, -0.05) is 33.6 Å². The van der Waals surface area contributed by atoms with Crippen molar-refractivity contribution in [2.75, 3.05) is 0 Å². The van der Waals surface area contributed by atoms with Crippen molar-refractivity contribution in [2.24, 2.45) is 0 Å². The summed E-state index contributed by atoms with van der Waals surface area (Å²) in [4.78, 5) is 0. The molecule has 1 heteroatoms. The van der Waals surface area contributed by atoms with Crippen LogP contribution in [-0.4, -0.2) is 0 Å². The molecule has 0 radical (unpaired) electrons. The molecule has 1 aromatic rings. The maximum Gasteiger partial charge on any atom is 0.0635 e. The van der Waals surface area contributed by atoms with E-state index in [1.54, 1.807) is 6.92 Å². The van der Waals surface area contributed by atoms with E-state index in [4.69, 9.17) is 5.48 Å². The van der Waals surface area contributed by atoms with E-state index in [1.165, 1.54) is 0 Å². The summed E-state index contributed by atoms with van der Waals surface area (Å²) >= 11 is 3.00.